The highest BCUT2D eigenvalue weighted by Crippen LogP contribution is 2.31. The van der Waals surface area contributed by atoms with E-state index in [9.17, 15) is 4.79 Å². The van der Waals surface area contributed by atoms with Gasteiger partial charge in [0.25, 0.3) is 5.91 Å². The number of terminal acetylenes is 1. The summed E-state index contributed by atoms with van der Waals surface area (Å²) in [5.74, 6) is 3.24. The number of nitrogens with one attached hydrogen (secondary N) is 2. The zero-order valence-electron chi connectivity index (χ0n) is 12.0. The second kappa shape index (κ2) is 8.08. The Labute approximate surface area is 119 Å². The first kappa shape index (κ1) is 15.9. The van der Waals surface area contributed by atoms with Crippen LogP contribution in [0.1, 0.15) is 12.5 Å². The van der Waals surface area contributed by atoms with Crippen LogP contribution < -0.4 is 20.1 Å². The van der Waals surface area contributed by atoms with Crippen molar-refractivity contribution in [2.75, 3.05) is 20.7 Å². The summed E-state index contributed by atoms with van der Waals surface area (Å²) in [6.45, 7) is 2.47. The van der Waals surface area contributed by atoms with Gasteiger partial charge in [-0.15, -0.1) is 6.42 Å². The molecule has 0 spiro atoms. The van der Waals surface area contributed by atoms with Gasteiger partial charge in [0.2, 0.25) is 0 Å². The smallest absolute Gasteiger partial charge is 0.261 e. The SMILES string of the molecule is C#CCNC(=O)C(C)Oc1c(CNC)cccc1OC. The zero-order valence-corrected chi connectivity index (χ0v) is 12.0. The molecular formula is C15H20N2O3. The highest BCUT2D eigenvalue weighted by atomic mass is 16.5. The second-order valence-electron chi connectivity index (χ2n) is 4.16. The van der Waals surface area contributed by atoms with E-state index in [1.165, 1.54) is 0 Å². The molecule has 0 saturated carbocycles. The predicted octanol–water partition coefficient (Wildman–Crippen LogP) is 0.931. The Morgan fingerprint density at radius 1 is 1.50 bits per heavy atom. The maximum absolute atomic E-state index is 11.8. The van der Waals surface area contributed by atoms with Crippen molar-refractivity contribution in [3.8, 4) is 23.8 Å². The average molecular weight is 276 g/mol. The van der Waals surface area contributed by atoms with Gasteiger partial charge in [-0.2, -0.15) is 0 Å². The molecule has 0 radical (unpaired) electrons. The molecule has 0 aliphatic rings. The van der Waals surface area contributed by atoms with Crippen LogP contribution in [0.4, 0.5) is 0 Å². The summed E-state index contributed by atoms with van der Waals surface area (Å²) < 4.78 is 11.0. The van der Waals surface area contributed by atoms with E-state index in [4.69, 9.17) is 15.9 Å². The highest BCUT2D eigenvalue weighted by Gasteiger charge is 2.18. The maximum atomic E-state index is 11.8. The van der Waals surface area contributed by atoms with Crippen molar-refractivity contribution >= 4 is 5.91 Å². The average Bonchev–Trinajstić information content (AvgIpc) is 2.46. The Morgan fingerprint density at radius 3 is 2.85 bits per heavy atom. The Kier molecular flexibility index (Phi) is 6.41. The predicted molar refractivity (Wildman–Crippen MR) is 77.7 cm³/mol. The summed E-state index contributed by atoms with van der Waals surface area (Å²) in [5, 5.41) is 5.63. The molecule has 0 heterocycles. The van der Waals surface area contributed by atoms with E-state index in [1.807, 2.05) is 19.2 Å². The number of benzene rings is 1. The minimum absolute atomic E-state index is 0.182. The van der Waals surface area contributed by atoms with Gasteiger partial charge in [0.05, 0.1) is 13.7 Å². The summed E-state index contributed by atoms with van der Waals surface area (Å²) in [7, 11) is 3.40. The molecule has 5 heteroatoms. The molecule has 2 N–H and O–H groups in total. The van der Waals surface area contributed by atoms with Crippen LogP contribution in [0.25, 0.3) is 0 Å². The number of carbonyl (C=O) groups excluding carboxylic acids is 1. The Morgan fingerprint density at radius 2 is 2.25 bits per heavy atom. The van der Waals surface area contributed by atoms with Crippen LogP contribution in [0.5, 0.6) is 11.5 Å². The minimum atomic E-state index is -0.657. The van der Waals surface area contributed by atoms with E-state index in [0.717, 1.165) is 5.56 Å². The van der Waals surface area contributed by atoms with E-state index >= 15 is 0 Å². The topological polar surface area (TPSA) is 59.6 Å². The molecule has 1 atom stereocenters. The van der Waals surface area contributed by atoms with Crippen molar-refractivity contribution in [3.63, 3.8) is 0 Å². The van der Waals surface area contributed by atoms with Gasteiger partial charge in [-0.05, 0) is 20.0 Å². The molecule has 0 aromatic heterocycles. The van der Waals surface area contributed by atoms with Crippen molar-refractivity contribution in [2.24, 2.45) is 0 Å². The molecule has 0 aliphatic carbocycles. The molecule has 20 heavy (non-hydrogen) atoms. The summed E-state index contributed by atoms with van der Waals surface area (Å²) in [5.41, 5.74) is 0.920. The van der Waals surface area contributed by atoms with Gasteiger partial charge in [-0.1, -0.05) is 18.1 Å². The molecule has 0 aliphatic heterocycles. The third kappa shape index (κ3) is 4.18. The first-order valence-electron chi connectivity index (χ1n) is 6.32. The maximum Gasteiger partial charge on any atom is 0.261 e. The molecule has 1 aromatic carbocycles. The number of methoxy groups -OCH3 is 1. The normalized spacial score (nSPS) is 11.3. The fourth-order valence-corrected chi connectivity index (χ4v) is 1.70. The zero-order chi connectivity index (χ0) is 15.0. The summed E-state index contributed by atoms with van der Waals surface area (Å²) >= 11 is 0. The lowest BCUT2D eigenvalue weighted by Crippen LogP contribution is -2.36. The van der Waals surface area contributed by atoms with Gasteiger partial charge in [0, 0.05) is 12.1 Å². The lowest BCUT2D eigenvalue weighted by molar-refractivity contribution is -0.127. The lowest BCUT2D eigenvalue weighted by Gasteiger charge is -2.19. The Bertz CT molecular complexity index is 494. The van der Waals surface area contributed by atoms with Gasteiger partial charge in [0.1, 0.15) is 0 Å². The number of carbonyl (C=O) groups is 1. The van der Waals surface area contributed by atoms with E-state index in [-0.39, 0.29) is 12.5 Å². The molecule has 0 fully saturated rings. The van der Waals surface area contributed by atoms with Crippen molar-refractivity contribution < 1.29 is 14.3 Å². The molecule has 1 unspecified atom stereocenters. The molecule has 1 aromatic rings. The number of ether oxygens (including phenoxy) is 2. The quantitative estimate of drug-likeness (QED) is 0.727. The van der Waals surface area contributed by atoms with E-state index in [0.29, 0.717) is 18.0 Å². The third-order valence-corrected chi connectivity index (χ3v) is 2.68. The van der Waals surface area contributed by atoms with Crippen LogP contribution in [-0.4, -0.2) is 32.7 Å². The largest absolute Gasteiger partial charge is 0.493 e. The van der Waals surface area contributed by atoms with E-state index < -0.39 is 6.10 Å². The van der Waals surface area contributed by atoms with Gasteiger partial charge in [-0.3, -0.25) is 4.79 Å². The molecular weight excluding hydrogens is 256 g/mol. The van der Waals surface area contributed by atoms with Crippen molar-refractivity contribution in [2.45, 2.75) is 19.6 Å². The first-order valence-corrected chi connectivity index (χ1v) is 6.32. The van der Waals surface area contributed by atoms with Crippen LogP contribution in [0.2, 0.25) is 0 Å². The number of hydrogen-bond acceptors (Lipinski definition) is 4. The minimum Gasteiger partial charge on any atom is -0.493 e. The van der Waals surface area contributed by atoms with Crippen molar-refractivity contribution in [1.29, 1.82) is 0 Å². The fourth-order valence-electron chi connectivity index (χ4n) is 1.70. The molecule has 1 amide bonds. The molecule has 108 valence electrons. The van der Waals surface area contributed by atoms with Gasteiger partial charge >= 0.3 is 0 Å². The number of amides is 1. The van der Waals surface area contributed by atoms with Gasteiger partial charge in [0.15, 0.2) is 17.6 Å². The molecule has 0 bridgehead atoms. The highest BCUT2D eigenvalue weighted by molar-refractivity contribution is 5.81. The van der Waals surface area contributed by atoms with Gasteiger partial charge < -0.3 is 20.1 Å². The van der Waals surface area contributed by atoms with E-state index in [2.05, 4.69) is 16.6 Å². The second-order valence-corrected chi connectivity index (χ2v) is 4.16. The molecule has 0 saturated heterocycles. The summed E-state index contributed by atoms with van der Waals surface area (Å²) in [6, 6.07) is 5.59. The number of para-hydroxylation sites is 1. The number of hydrogen-bond donors (Lipinski definition) is 2. The van der Waals surface area contributed by atoms with Crippen LogP contribution in [-0.2, 0) is 11.3 Å². The van der Waals surface area contributed by atoms with Crippen LogP contribution in [0.15, 0.2) is 18.2 Å². The Hall–Kier alpha value is -2.19. The van der Waals surface area contributed by atoms with Crippen molar-refractivity contribution in [3.05, 3.63) is 23.8 Å². The standard InChI is InChI=1S/C15H20N2O3/c1-5-9-17-15(18)11(2)20-14-12(10-16-3)7-6-8-13(14)19-4/h1,6-8,11,16H,9-10H2,2-4H3,(H,17,18). The number of rotatable bonds is 7. The first-order chi connectivity index (χ1) is 9.63. The molecule has 1 rings (SSSR count). The molecule has 5 nitrogen and oxygen atoms in total. The van der Waals surface area contributed by atoms with Crippen LogP contribution in [0.3, 0.4) is 0 Å². The van der Waals surface area contributed by atoms with Gasteiger partial charge in [-0.25, -0.2) is 0 Å². The van der Waals surface area contributed by atoms with Crippen LogP contribution >= 0.6 is 0 Å². The monoisotopic (exact) mass is 276 g/mol. The third-order valence-electron chi connectivity index (χ3n) is 2.68. The Balaban J connectivity index is 2.89. The van der Waals surface area contributed by atoms with Crippen molar-refractivity contribution in [1.82, 2.24) is 10.6 Å². The lowest BCUT2D eigenvalue weighted by atomic mass is 10.2. The summed E-state index contributed by atoms with van der Waals surface area (Å²) in [4.78, 5) is 11.8. The summed E-state index contributed by atoms with van der Waals surface area (Å²) in [6.07, 6.45) is 4.45. The fraction of sp³-hybridized carbons (Fsp3) is 0.400. The van der Waals surface area contributed by atoms with E-state index in [1.54, 1.807) is 20.1 Å². The van der Waals surface area contributed by atoms with Crippen LogP contribution in [0, 0.1) is 12.3 Å².